The van der Waals surface area contributed by atoms with Gasteiger partial charge in [-0.25, -0.2) is 0 Å². The highest BCUT2D eigenvalue weighted by molar-refractivity contribution is 5.17. The first-order valence-electron chi connectivity index (χ1n) is 7.66. The highest BCUT2D eigenvalue weighted by atomic mass is 15.2. The Morgan fingerprint density at radius 3 is 2.67 bits per heavy atom. The first kappa shape index (κ1) is 13.8. The number of nitriles is 1. The van der Waals surface area contributed by atoms with Gasteiger partial charge in [0.15, 0.2) is 0 Å². The number of likely N-dealkylation sites (tertiary alicyclic amines) is 1. The summed E-state index contributed by atoms with van der Waals surface area (Å²) in [5, 5.41) is 13.3. The molecule has 1 saturated carbocycles. The van der Waals surface area contributed by atoms with Crippen LogP contribution in [-0.2, 0) is 0 Å². The molecule has 102 valence electrons. The second kappa shape index (κ2) is 6.04. The first-order chi connectivity index (χ1) is 8.75. The third-order valence-corrected chi connectivity index (χ3v) is 4.59. The van der Waals surface area contributed by atoms with Crippen LogP contribution in [-0.4, -0.2) is 36.1 Å². The molecule has 0 aromatic carbocycles. The monoisotopic (exact) mass is 249 g/mol. The van der Waals surface area contributed by atoms with Gasteiger partial charge in [0.2, 0.25) is 0 Å². The van der Waals surface area contributed by atoms with Gasteiger partial charge >= 0.3 is 0 Å². The van der Waals surface area contributed by atoms with Crippen LogP contribution in [0.25, 0.3) is 0 Å². The van der Waals surface area contributed by atoms with E-state index in [2.05, 4.69) is 30.1 Å². The summed E-state index contributed by atoms with van der Waals surface area (Å²) in [6, 6.07) is 3.34. The van der Waals surface area contributed by atoms with Gasteiger partial charge < -0.3 is 0 Å². The van der Waals surface area contributed by atoms with Crippen molar-refractivity contribution < 1.29 is 0 Å². The van der Waals surface area contributed by atoms with Crippen molar-refractivity contribution >= 4 is 0 Å². The fourth-order valence-corrected chi connectivity index (χ4v) is 3.31. The Morgan fingerprint density at radius 2 is 2.11 bits per heavy atom. The molecule has 18 heavy (non-hydrogen) atoms. The molecule has 0 radical (unpaired) electrons. The lowest BCUT2D eigenvalue weighted by atomic mass is 9.93. The van der Waals surface area contributed by atoms with Crippen LogP contribution in [0, 0.1) is 17.2 Å². The highest BCUT2D eigenvalue weighted by Gasteiger charge is 2.47. The van der Waals surface area contributed by atoms with Crippen molar-refractivity contribution in [1.29, 1.82) is 5.26 Å². The molecule has 1 saturated heterocycles. The van der Waals surface area contributed by atoms with E-state index in [0.717, 1.165) is 19.5 Å². The van der Waals surface area contributed by atoms with Gasteiger partial charge in [-0.1, -0.05) is 13.8 Å². The van der Waals surface area contributed by atoms with E-state index in [0.29, 0.717) is 12.0 Å². The summed E-state index contributed by atoms with van der Waals surface area (Å²) in [4.78, 5) is 2.56. The minimum Gasteiger partial charge on any atom is -0.298 e. The molecule has 1 heterocycles. The second-order valence-corrected chi connectivity index (χ2v) is 5.96. The molecule has 2 aliphatic rings. The molecule has 3 heteroatoms. The molecular formula is C15H27N3. The number of nitrogens with zero attached hydrogens (tertiary/aromatic N) is 2. The number of rotatable bonds is 7. The summed E-state index contributed by atoms with van der Waals surface area (Å²) in [5.74, 6) is 0.590. The summed E-state index contributed by atoms with van der Waals surface area (Å²) in [6.07, 6.45) is 7.41. The summed E-state index contributed by atoms with van der Waals surface area (Å²) in [7, 11) is 0. The molecule has 2 atom stereocenters. The summed E-state index contributed by atoms with van der Waals surface area (Å²) in [5.41, 5.74) is -0.270. The molecule has 0 amide bonds. The average Bonchev–Trinajstić information content (AvgIpc) is 3.16. The fraction of sp³-hybridized carbons (Fsp3) is 0.933. The van der Waals surface area contributed by atoms with Gasteiger partial charge in [-0.3, -0.25) is 10.2 Å². The van der Waals surface area contributed by atoms with Gasteiger partial charge in [0, 0.05) is 12.6 Å². The van der Waals surface area contributed by atoms with E-state index < -0.39 is 0 Å². The van der Waals surface area contributed by atoms with Crippen molar-refractivity contribution in [1.82, 2.24) is 10.2 Å². The predicted octanol–water partition coefficient (Wildman–Crippen LogP) is 2.53. The van der Waals surface area contributed by atoms with Crippen LogP contribution < -0.4 is 5.32 Å². The van der Waals surface area contributed by atoms with Crippen LogP contribution in [0.2, 0.25) is 0 Å². The third-order valence-electron chi connectivity index (χ3n) is 4.59. The van der Waals surface area contributed by atoms with Crippen LogP contribution in [0.15, 0.2) is 0 Å². The Kier molecular flexibility index (Phi) is 4.64. The van der Waals surface area contributed by atoms with E-state index in [4.69, 9.17) is 0 Å². The Morgan fingerprint density at radius 1 is 1.33 bits per heavy atom. The van der Waals surface area contributed by atoms with Crippen LogP contribution in [0.3, 0.4) is 0 Å². The lowest BCUT2D eigenvalue weighted by Crippen LogP contribution is -2.55. The van der Waals surface area contributed by atoms with Gasteiger partial charge in [0.05, 0.1) is 6.07 Å². The van der Waals surface area contributed by atoms with Crippen molar-refractivity contribution in [2.75, 3.05) is 19.6 Å². The van der Waals surface area contributed by atoms with Gasteiger partial charge in [0.25, 0.3) is 0 Å². The normalized spacial score (nSPS) is 27.9. The van der Waals surface area contributed by atoms with Gasteiger partial charge in [0.1, 0.15) is 5.54 Å². The average molecular weight is 249 g/mol. The molecule has 0 bridgehead atoms. The van der Waals surface area contributed by atoms with E-state index in [1.54, 1.807) is 0 Å². The Labute approximate surface area is 112 Å². The molecule has 2 fully saturated rings. The van der Waals surface area contributed by atoms with Crippen molar-refractivity contribution in [3.8, 4) is 6.07 Å². The van der Waals surface area contributed by atoms with Gasteiger partial charge in [-0.15, -0.1) is 0 Å². The highest BCUT2D eigenvalue weighted by Crippen LogP contribution is 2.41. The van der Waals surface area contributed by atoms with E-state index in [9.17, 15) is 5.26 Å². The minimum absolute atomic E-state index is 0.270. The van der Waals surface area contributed by atoms with E-state index in [-0.39, 0.29) is 5.54 Å². The largest absolute Gasteiger partial charge is 0.298 e. The van der Waals surface area contributed by atoms with E-state index in [1.807, 2.05) is 0 Å². The van der Waals surface area contributed by atoms with Crippen molar-refractivity contribution in [2.45, 2.75) is 64.0 Å². The molecule has 3 nitrogen and oxygen atoms in total. The molecule has 0 aromatic rings. The lowest BCUT2D eigenvalue weighted by Gasteiger charge is -2.35. The Bertz CT molecular complexity index is 305. The van der Waals surface area contributed by atoms with Crippen molar-refractivity contribution in [2.24, 2.45) is 5.92 Å². The number of nitrogens with one attached hydrogen (secondary N) is 1. The maximum Gasteiger partial charge on any atom is 0.122 e. The van der Waals surface area contributed by atoms with Crippen molar-refractivity contribution in [3.05, 3.63) is 0 Å². The third kappa shape index (κ3) is 2.87. The Hall–Kier alpha value is -0.590. The van der Waals surface area contributed by atoms with Crippen LogP contribution >= 0.6 is 0 Å². The number of hydrogen-bond acceptors (Lipinski definition) is 3. The lowest BCUT2D eigenvalue weighted by molar-refractivity contribution is 0.179. The zero-order chi connectivity index (χ0) is 13.0. The summed E-state index contributed by atoms with van der Waals surface area (Å²) < 4.78 is 0. The molecule has 1 N–H and O–H groups in total. The number of hydrogen-bond donors (Lipinski definition) is 1. The second-order valence-electron chi connectivity index (χ2n) is 5.96. The first-order valence-corrected chi connectivity index (χ1v) is 7.66. The van der Waals surface area contributed by atoms with Crippen LogP contribution in [0.5, 0.6) is 0 Å². The van der Waals surface area contributed by atoms with Crippen LogP contribution in [0.4, 0.5) is 0 Å². The molecule has 2 rings (SSSR count). The zero-order valence-corrected chi connectivity index (χ0v) is 11.9. The van der Waals surface area contributed by atoms with Gasteiger partial charge in [-0.2, -0.15) is 5.26 Å². The minimum atomic E-state index is -0.270. The Balaban J connectivity index is 2.02. The molecular weight excluding hydrogens is 222 g/mol. The van der Waals surface area contributed by atoms with Crippen molar-refractivity contribution in [3.63, 3.8) is 0 Å². The van der Waals surface area contributed by atoms with E-state index in [1.165, 1.54) is 38.6 Å². The summed E-state index contributed by atoms with van der Waals surface area (Å²) >= 11 is 0. The fourth-order valence-electron chi connectivity index (χ4n) is 3.31. The maximum absolute atomic E-state index is 9.69. The molecule has 2 unspecified atom stereocenters. The molecule has 0 spiro atoms. The molecule has 0 aromatic heterocycles. The topological polar surface area (TPSA) is 39.1 Å². The maximum atomic E-state index is 9.69. The zero-order valence-electron chi connectivity index (χ0n) is 11.9. The predicted molar refractivity (Wildman–Crippen MR) is 74.2 cm³/mol. The quantitative estimate of drug-likeness (QED) is 0.753. The molecule has 1 aliphatic carbocycles. The van der Waals surface area contributed by atoms with Crippen LogP contribution in [0.1, 0.15) is 52.4 Å². The smallest absolute Gasteiger partial charge is 0.122 e. The van der Waals surface area contributed by atoms with E-state index >= 15 is 0 Å². The summed E-state index contributed by atoms with van der Waals surface area (Å²) in [6.45, 7) is 7.53. The van der Waals surface area contributed by atoms with Gasteiger partial charge in [-0.05, 0) is 57.5 Å². The standard InChI is InChI=1S/C15H27N3/c1-3-9-17-15(11-16,13-7-8-13)12-18-10-5-6-14(18)4-2/h13-14,17H,3-10,12H2,1-2H3. The molecule has 1 aliphatic heterocycles. The SMILES string of the molecule is CCCNC(C#N)(CN1CCCC1CC)C1CC1.